The molecule has 0 unspecified atom stereocenters. The second-order valence-electron chi connectivity index (χ2n) is 3.44. The van der Waals surface area contributed by atoms with Crippen LogP contribution in [0.5, 0.6) is 0 Å². The molecule has 1 N–H and O–H groups in total. The molecule has 3 nitrogen and oxygen atoms in total. The van der Waals surface area contributed by atoms with Gasteiger partial charge in [-0.25, -0.2) is 0 Å². The van der Waals surface area contributed by atoms with Crippen LogP contribution >= 0.6 is 0 Å². The van der Waals surface area contributed by atoms with E-state index in [-0.39, 0.29) is 0 Å². The fraction of sp³-hybridized carbons (Fsp3) is 1.00. The third kappa shape index (κ3) is 8.48. The number of rotatable bonds is 10. The Kier molecular flexibility index (Phi) is 10.9. The number of likely N-dealkylation sites (N-methyl/N-ethyl adjacent to an activating group) is 1. The van der Waals surface area contributed by atoms with Crippen molar-refractivity contribution in [1.29, 1.82) is 0 Å². The first-order valence-corrected chi connectivity index (χ1v) is 5.79. The van der Waals surface area contributed by atoms with Crippen molar-refractivity contribution in [3.8, 4) is 0 Å². The number of hydrogen-bond acceptors (Lipinski definition) is 3. The van der Waals surface area contributed by atoms with Crippen LogP contribution in [0.2, 0.25) is 0 Å². The Balaban J connectivity index is 3.28. The molecule has 0 atom stereocenters. The Morgan fingerprint density at radius 2 is 1.93 bits per heavy atom. The van der Waals surface area contributed by atoms with Crippen LogP contribution in [0, 0.1) is 0 Å². The van der Waals surface area contributed by atoms with E-state index in [1.165, 1.54) is 19.4 Å². The number of unbranched alkanes of at least 4 members (excludes halogenated alkanes) is 1. The number of nitrogens with one attached hydrogen (secondary N) is 1. The van der Waals surface area contributed by atoms with E-state index in [0.717, 1.165) is 32.8 Å². The lowest BCUT2D eigenvalue weighted by Gasteiger charge is -2.19. The van der Waals surface area contributed by atoms with E-state index in [1.54, 1.807) is 0 Å². The second-order valence-corrected chi connectivity index (χ2v) is 3.44. The van der Waals surface area contributed by atoms with Crippen molar-refractivity contribution < 1.29 is 4.74 Å². The van der Waals surface area contributed by atoms with E-state index in [4.69, 9.17) is 4.74 Å². The van der Waals surface area contributed by atoms with Crippen molar-refractivity contribution in [1.82, 2.24) is 10.2 Å². The van der Waals surface area contributed by atoms with Gasteiger partial charge in [0, 0.05) is 13.2 Å². The van der Waals surface area contributed by atoms with Gasteiger partial charge in [-0.2, -0.15) is 0 Å². The monoisotopic (exact) mass is 202 g/mol. The number of nitrogens with zero attached hydrogens (tertiary/aromatic N) is 1. The molecule has 0 aliphatic heterocycles. The average molecular weight is 202 g/mol. The van der Waals surface area contributed by atoms with Gasteiger partial charge in [-0.3, -0.25) is 0 Å². The molecular weight excluding hydrogens is 176 g/mol. The highest BCUT2D eigenvalue weighted by atomic mass is 16.5. The molecule has 0 spiro atoms. The zero-order valence-corrected chi connectivity index (χ0v) is 10.0. The lowest BCUT2D eigenvalue weighted by Crippen LogP contribution is -2.29. The molecule has 0 rings (SSSR count). The first kappa shape index (κ1) is 13.9. The quantitative estimate of drug-likeness (QED) is 0.541. The molecule has 0 heterocycles. The molecule has 0 amide bonds. The van der Waals surface area contributed by atoms with Gasteiger partial charge in [0.15, 0.2) is 0 Å². The summed E-state index contributed by atoms with van der Waals surface area (Å²) in [5.41, 5.74) is 0. The van der Waals surface area contributed by atoms with E-state index in [0.29, 0.717) is 0 Å². The maximum absolute atomic E-state index is 5.34. The predicted octanol–water partition coefficient (Wildman–Crippen LogP) is 1.34. The average Bonchev–Trinajstić information content (AvgIpc) is 2.22. The number of ether oxygens (including phenoxy) is 1. The van der Waals surface area contributed by atoms with Crippen LogP contribution in [-0.4, -0.2) is 51.3 Å². The van der Waals surface area contributed by atoms with Crippen LogP contribution < -0.4 is 5.32 Å². The van der Waals surface area contributed by atoms with Gasteiger partial charge in [0.2, 0.25) is 0 Å². The van der Waals surface area contributed by atoms with Gasteiger partial charge in [0.25, 0.3) is 0 Å². The third-order valence-corrected chi connectivity index (χ3v) is 2.35. The first-order chi connectivity index (χ1) is 6.85. The molecule has 0 aromatic rings. The van der Waals surface area contributed by atoms with Gasteiger partial charge in [0.1, 0.15) is 0 Å². The smallest absolute Gasteiger partial charge is 0.0593 e. The van der Waals surface area contributed by atoms with E-state index >= 15 is 0 Å². The molecule has 0 bridgehead atoms. The van der Waals surface area contributed by atoms with Crippen LogP contribution in [0.4, 0.5) is 0 Å². The van der Waals surface area contributed by atoms with Gasteiger partial charge in [0.05, 0.1) is 6.61 Å². The largest absolute Gasteiger partial charge is 0.380 e. The fourth-order valence-electron chi connectivity index (χ4n) is 1.40. The highest BCUT2D eigenvalue weighted by Crippen LogP contribution is 1.94. The highest BCUT2D eigenvalue weighted by Gasteiger charge is 2.00. The van der Waals surface area contributed by atoms with Crippen LogP contribution in [0.15, 0.2) is 0 Å². The van der Waals surface area contributed by atoms with Gasteiger partial charge in [-0.15, -0.1) is 0 Å². The molecule has 0 aromatic heterocycles. The lowest BCUT2D eigenvalue weighted by molar-refractivity contribution is 0.114. The van der Waals surface area contributed by atoms with Crippen LogP contribution in [0.1, 0.15) is 26.7 Å². The fourth-order valence-corrected chi connectivity index (χ4v) is 1.40. The number of hydrogen-bond donors (Lipinski definition) is 1. The lowest BCUT2D eigenvalue weighted by atomic mass is 10.3. The van der Waals surface area contributed by atoms with Crippen LogP contribution in [-0.2, 0) is 4.74 Å². The first-order valence-electron chi connectivity index (χ1n) is 5.79. The molecule has 3 heteroatoms. The second kappa shape index (κ2) is 11.0. The molecule has 86 valence electrons. The summed E-state index contributed by atoms with van der Waals surface area (Å²) in [6.07, 6.45) is 2.54. The van der Waals surface area contributed by atoms with Crippen molar-refractivity contribution in [3.05, 3.63) is 0 Å². The summed E-state index contributed by atoms with van der Waals surface area (Å²) in [5.74, 6) is 0. The molecule has 0 aromatic carbocycles. The van der Waals surface area contributed by atoms with E-state index in [2.05, 4.69) is 17.1 Å². The Hall–Kier alpha value is -0.120. The van der Waals surface area contributed by atoms with E-state index < -0.39 is 0 Å². The Morgan fingerprint density at radius 1 is 1.14 bits per heavy atom. The predicted molar refractivity (Wildman–Crippen MR) is 61.8 cm³/mol. The SMILES string of the molecule is CCOCCN(CC)CCCCNC. The van der Waals surface area contributed by atoms with Gasteiger partial charge >= 0.3 is 0 Å². The molecule has 14 heavy (non-hydrogen) atoms. The van der Waals surface area contributed by atoms with Gasteiger partial charge in [-0.05, 0) is 46.4 Å². The maximum atomic E-state index is 5.34. The molecule has 0 aliphatic rings. The summed E-state index contributed by atoms with van der Waals surface area (Å²) >= 11 is 0. The minimum atomic E-state index is 0.831. The Labute approximate surface area is 88.8 Å². The summed E-state index contributed by atoms with van der Waals surface area (Å²) < 4.78 is 5.34. The van der Waals surface area contributed by atoms with Crippen molar-refractivity contribution >= 4 is 0 Å². The van der Waals surface area contributed by atoms with Gasteiger partial charge < -0.3 is 15.0 Å². The molecule has 0 saturated heterocycles. The highest BCUT2D eigenvalue weighted by molar-refractivity contribution is 4.55. The van der Waals surface area contributed by atoms with Crippen molar-refractivity contribution in [3.63, 3.8) is 0 Å². The minimum Gasteiger partial charge on any atom is -0.380 e. The third-order valence-electron chi connectivity index (χ3n) is 2.35. The summed E-state index contributed by atoms with van der Waals surface area (Å²) in [6, 6.07) is 0. The molecule has 0 fully saturated rings. The zero-order chi connectivity index (χ0) is 10.6. The molecular formula is C11H26N2O. The van der Waals surface area contributed by atoms with Crippen LogP contribution in [0.25, 0.3) is 0 Å². The Morgan fingerprint density at radius 3 is 2.50 bits per heavy atom. The zero-order valence-electron chi connectivity index (χ0n) is 10.0. The van der Waals surface area contributed by atoms with Crippen molar-refractivity contribution in [2.24, 2.45) is 0 Å². The maximum Gasteiger partial charge on any atom is 0.0593 e. The summed E-state index contributed by atoms with van der Waals surface area (Å²) in [6.45, 7) is 10.5. The standard InChI is InChI=1S/C11H26N2O/c1-4-13(10-11-14-5-2)9-7-6-8-12-3/h12H,4-11H2,1-3H3. The van der Waals surface area contributed by atoms with Crippen molar-refractivity contribution in [2.45, 2.75) is 26.7 Å². The van der Waals surface area contributed by atoms with Gasteiger partial charge in [-0.1, -0.05) is 6.92 Å². The Bertz CT molecular complexity index is 109. The minimum absolute atomic E-state index is 0.831. The van der Waals surface area contributed by atoms with Crippen LogP contribution in [0.3, 0.4) is 0 Å². The topological polar surface area (TPSA) is 24.5 Å². The summed E-state index contributed by atoms with van der Waals surface area (Å²) in [7, 11) is 2.01. The normalized spacial score (nSPS) is 11.1. The molecule has 0 saturated carbocycles. The van der Waals surface area contributed by atoms with E-state index in [9.17, 15) is 0 Å². The summed E-state index contributed by atoms with van der Waals surface area (Å²) in [5, 5.41) is 3.17. The molecule has 0 aliphatic carbocycles. The van der Waals surface area contributed by atoms with Crippen molar-refractivity contribution in [2.75, 3.05) is 46.4 Å². The molecule has 0 radical (unpaired) electrons. The summed E-state index contributed by atoms with van der Waals surface area (Å²) in [4.78, 5) is 2.45. The van der Waals surface area contributed by atoms with E-state index in [1.807, 2.05) is 14.0 Å².